The maximum Gasteiger partial charge on any atom is 0.239 e. The van der Waals surface area contributed by atoms with Crippen LogP contribution in [0.25, 0.3) is 22.6 Å². The summed E-state index contributed by atoms with van der Waals surface area (Å²) in [6.45, 7) is 4.04. The van der Waals surface area contributed by atoms with Gasteiger partial charge in [0.05, 0.1) is 0 Å². The van der Waals surface area contributed by atoms with Crippen LogP contribution in [-0.4, -0.2) is 10.9 Å². The van der Waals surface area contributed by atoms with Crippen molar-refractivity contribution in [2.24, 2.45) is 5.73 Å². The summed E-state index contributed by atoms with van der Waals surface area (Å²) < 4.78 is 5.86. The number of rotatable bonds is 4. The Hall–Kier alpha value is -2.53. The van der Waals surface area contributed by atoms with E-state index in [9.17, 15) is 4.79 Å². The topological polar surface area (TPSA) is 69.1 Å². The molecule has 0 radical (unpaired) electrons. The van der Waals surface area contributed by atoms with Crippen molar-refractivity contribution in [2.75, 3.05) is 0 Å². The minimum atomic E-state index is -0.881. The molecule has 24 heavy (non-hydrogen) atoms. The van der Waals surface area contributed by atoms with E-state index in [4.69, 9.17) is 10.2 Å². The van der Waals surface area contributed by atoms with Crippen molar-refractivity contribution in [1.29, 1.82) is 0 Å². The zero-order valence-electron chi connectivity index (χ0n) is 13.5. The van der Waals surface area contributed by atoms with Crippen LogP contribution < -0.4 is 5.73 Å². The summed E-state index contributed by atoms with van der Waals surface area (Å²) >= 11 is 4.20. The van der Waals surface area contributed by atoms with E-state index in [2.05, 4.69) is 17.6 Å². The highest BCUT2D eigenvalue weighted by Gasteiger charge is 2.24. The Morgan fingerprint density at radius 3 is 2.00 bits per heavy atom. The Balaban J connectivity index is 2.16. The fourth-order valence-electron chi connectivity index (χ4n) is 2.38. The number of oxazole rings is 1. The second-order valence-corrected chi connectivity index (χ2v) is 6.28. The molecule has 1 aromatic heterocycles. The number of carbonyl (C=O) groups excluding carboxylic acids is 1. The van der Waals surface area contributed by atoms with Crippen molar-refractivity contribution in [3.63, 3.8) is 0 Å². The van der Waals surface area contributed by atoms with Crippen LogP contribution in [0.1, 0.15) is 22.3 Å². The average Bonchev–Trinajstić information content (AvgIpc) is 3.00. The second kappa shape index (κ2) is 6.53. The van der Waals surface area contributed by atoms with Crippen LogP contribution >= 0.6 is 12.6 Å². The lowest BCUT2D eigenvalue weighted by Gasteiger charge is -2.03. The van der Waals surface area contributed by atoms with Crippen LogP contribution in [0.3, 0.4) is 0 Å². The minimum Gasteiger partial charge on any atom is -0.438 e. The summed E-state index contributed by atoms with van der Waals surface area (Å²) in [5, 5.41) is -0.881. The lowest BCUT2D eigenvalue weighted by molar-refractivity contribution is -0.117. The van der Waals surface area contributed by atoms with Gasteiger partial charge in [-0.2, -0.15) is 12.6 Å². The van der Waals surface area contributed by atoms with Crippen LogP contribution in [0, 0.1) is 13.8 Å². The fourth-order valence-corrected chi connectivity index (χ4v) is 2.49. The number of benzene rings is 2. The summed E-state index contributed by atoms with van der Waals surface area (Å²) in [6, 6.07) is 15.9. The zero-order valence-corrected chi connectivity index (χ0v) is 14.4. The molecule has 0 saturated carbocycles. The Morgan fingerprint density at radius 2 is 1.50 bits per heavy atom. The number of carbonyl (C=O) groups is 1. The Morgan fingerprint density at radius 1 is 1.00 bits per heavy atom. The van der Waals surface area contributed by atoms with Crippen LogP contribution in [0.5, 0.6) is 0 Å². The highest BCUT2D eigenvalue weighted by molar-refractivity contribution is 7.81. The molecule has 0 aliphatic heterocycles. The molecule has 3 rings (SSSR count). The van der Waals surface area contributed by atoms with E-state index in [1.165, 1.54) is 0 Å². The fraction of sp³-hybridized carbons (Fsp3) is 0.158. The molecule has 2 N–H and O–H groups in total. The smallest absolute Gasteiger partial charge is 0.239 e. The zero-order chi connectivity index (χ0) is 17.3. The number of nitrogens with zero attached hydrogens (tertiary/aromatic N) is 1. The van der Waals surface area contributed by atoms with Gasteiger partial charge in [0, 0.05) is 11.1 Å². The number of amides is 1. The van der Waals surface area contributed by atoms with E-state index in [1.54, 1.807) is 0 Å². The lowest BCUT2D eigenvalue weighted by atomic mass is 10.0. The van der Waals surface area contributed by atoms with Gasteiger partial charge in [0.2, 0.25) is 11.8 Å². The standard InChI is InChI=1S/C19H18N2O2S/c1-11-3-7-13(8-4-11)15-16(14-9-5-12(2)6-10-14)23-19(21-15)17(24)18(20)22/h3-10,17,24H,1-2H3,(H2,20,22). The van der Waals surface area contributed by atoms with E-state index in [0.29, 0.717) is 11.5 Å². The first-order valence-corrected chi connectivity index (χ1v) is 8.09. The van der Waals surface area contributed by atoms with E-state index in [1.807, 2.05) is 62.4 Å². The van der Waals surface area contributed by atoms with Crippen molar-refractivity contribution < 1.29 is 9.21 Å². The molecule has 0 aliphatic rings. The molecule has 1 amide bonds. The first kappa shape index (κ1) is 16.3. The average molecular weight is 338 g/mol. The second-order valence-electron chi connectivity index (χ2n) is 5.77. The van der Waals surface area contributed by atoms with Crippen molar-refractivity contribution in [3.8, 4) is 22.6 Å². The van der Waals surface area contributed by atoms with Gasteiger partial charge in [0.25, 0.3) is 0 Å². The van der Waals surface area contributed by atoms with Crippen molar-refractivity contribution in [1.82, 2.24) is 4.98 Å². The molecule has 0 aliphatic carbocycles. The van der Waals surface area contributed by atoms with E-state index in [-0.39, 0.29) is 5.89 Å². The summed E-state index contributed by atoms with van der Waals surface area (Å²) in [6.07, 6.45) is 0. The number of aromatic nitrogens is 1. The van der Waals surface area contributed by atoms with Gasteiger partial charge < -0.3 is 10.2 Å². The van der Waals surface area contributed by atoms with Gasteiger partial charge in [-0.05, 0) is 13.8 Å². The summed E-state index contributed by atoms with van der Waals surface area (Å²) in [7, 11) is 0. The number of thiol groups is 1. The van der Waals surface area contributed by atoms with Crippen molar-refractivity contribution in [3.05, 3.63) is 65.5 Å². The predicted octanol–water partition coefficient (Wildman–Crippen LogP) is 4.08. The van der Waals surface area contributed by atoms with Crippen LogP contribution in [-0.2, 0) is 4.79 Å². The lowest BCUT2D eigenvalue weighted by Crippen LogP contribution is -2.17. The molecule has 0 saturated heterocycles. The molecular weight excluding hydrogens is 320 g/mol. The van der Waals surface area contributed by atoms with Crippen LogP contribution in [0.15, 0.2) is 52.9 Å². The molecule has 0 fully saturated rings. The molecule has 1 atom stereocenters. The molecule has 1 unspecified atom stereocenters. The number of primary amides is 1. The third-order valence-electron chi connectivity index (χ3n) is 3.79. The number of hydrogen-bond acceptors (Lipinski definition) is 4. The van der Waals surface area contributed by atoms with Gasteiger partial charge in [0.15, 0.2) is 11.0 Å². The Bertz CT molecular complexity index is 804. The maximum absolute atomic E-state index is 11.4. The quantitative estimate of drug-likeness (QED) is 0.704. The summed E-state index contributed by atoms with van der Waals surface area (Å²) in [5.41, 5.74) is 10.1. The number of hydrogen-bond donors (Lipinski definition) is 2. The molecular formula is C19H18N2O2S. The van der Waals surface area contributed by atoms with E-state index >= 15 is 0 Å². The van der Waals surface area contributed by atoms with Gasteiger partial charge in [0.1, 0.15) is 5.69 Å². The van der Waals surface area contributed by atoms with E-state index < -0.39 is 11.2 Å². The first-order chi connectivity index (χ1) is 11.5. The van der Waals surface area contributed by atoms with Crippen molar-refractivity contribution in [2.45, 2.75) is 19.1 Å². The molecule has 122 valence electrons. The van der Waals surface area contributed by atoms with E-state index in [0.717, 1.165) is 22.3 Å². The third kappa shape index (κ3) is 3.21. The Labute approximate surface area is 146 Å². The predicted molar refractivity (Wildman–Crippen MR) is 97.8 cm³/mol. The molecule has 2 aromatic carbocycles. The maximum atomic E-state index is 11.4. The van der Waals surface area contributed by atoms with Gasteiger partial charge in [-0.1, -0.05) is 59.7 Å². The molecule has 4 nitrogen and oxygen atoms in total. The van der Waals surface area contributed by atoms with Crippen LogP contribution in [0.4, 0.5) is 0 Å². The third-order valence-corrected chi connectivity index (χ3v) is 4.26. The molecule has 1 heterocycles. The largest absolute Gasteiger partial charge is 0.438 e. The first-order valence-electron chi connectivity index (χ1n) is 7.58. The SMILES string of the molecule is Cc1ccc(-c2nc(C(S)C(N)=O)oc2-c2ccc(C)cc2)cc1. The summed E-state index contributed by atoms with van der Waals surface area (Å²) in [4.78, 5) is 15.9. The van der Waals surface area contributed by atoms with Crippen LogP contribution in [0.2, 0.25) is 0 Å². The molecule has 0 spiro atoms. The summed E-state index contributed by atoms with van der Waals surface area (Å²) in [5.74, 6) is 0.219. The minimum absolute atomic E-state index is 0.206. The Kier molecular flexibility index (Phi) is 4.44. The number of aryl methyl sites for hydroxylation is 2. The van der Waals surface area contributed by atoms with Crippen molar-refractivity contribution >= 4 is 18.5 Å². The van der Waals surface area contributed by atoms with Gasteiger partial charge in [-0.3, -0.25) is 4.79 Å². The monoisotopic (exact) mass is 338 g/mol. The van der Waals surface area contributed by atoms with Gasteiger partial charge >= 0.3 is 0 Å². The van der Waals surface area contributed by atoms with Gasteiger partial charge in [-0.15, -0.1) is 0 Å². The van der Waals surface area contributed by atoms with Gasteiger partial charge in [-0.25, -0.2) is 4.98 Å². The number of nitrogens with two attached hydrogens (primary N) is 1. The molecule has 3 aromatic rings. The molecule has 5 heteroatoms. The highest BCUT2D eigenvalue weighted by Crippen LogP contribution is 2.35. The normalized spacial score (nSPS) is 12.1. The molecule has 0 bridgehead atoms. The highest BCUT2D eigenvalue weighted by atomic mass is 32.1.